The summed E-state index contributed by atoms with van der Waals surface area (Å²) in [4.78, 5) is 36.9. The Morgan fingerprint density at radius 3 is 2.50 bits per heavy atom. The van der Waals surface area contributed by atoms with Crippen LogP contribution in [0.5, 0.6) is 0 Å². The number of anilines is 2. The molecule has 0 aliphatic carbocycles. The predicted molar refractivity (Wildman–Crippen MR) is 101 cm³/mol. The van der Waals surface area contributed by atoms with E-state index in [1.807, 2.05) is 0 Å². The third-order valence-electron chi connectivity index (χ3n) is 3.51. The maximum absolute atomic E-state index is 13.9. The first kappa shape index (κ1) is 18.2. The molecule has 1 heterocycles. The quantitative estimate of drug-likeness (QED) is 0.773. The molecular weight excluding hydrogens is 379 g/mol. The molecule has 1 N–H and O–H groups in total. The summed E-state index contributed by atoms with van der Waals surface area (Å²) in [5, 5.41) is 2.25. The summed E-state index contributed by atoms with van der Waals surface area (Å²) in [6.07, 6.45) is 1.27. The van der Waals surface area contributed by atoms with Crippen LogP contribution in [0.2, 0.25) is 5.02 Å². The minimum atomic E-state index is -0.580. The van der Waals surface area contributed by atoms with Crippen molar-refractivity contribution in [2.75, 3.05) is 10.2 Å². The van der Waals surface area contributed by atoms with E-state index in [4.69, 9.17) is 11.6 Å². The SMILES string of the molecule is CC(=O)Nc1ccc(N2C(=O)S/C(=C\c3c(F)cccc3Cl)C2=O)cc1. The van der Waals surface area contributed by atoms with Crippen molar-refractivity contribution < 1.29 is 18.8 Å². The van der Waals surface area contributed by atoms with Gasteiger partial charge in [-0.1, -0.05) is 17.7 Å². The van der Waals surface area contributed by atoms with Crippen molar-refractivity contribution in [3.8, 4) is 0 Å². The van der Waals surface area contributed by atoms with Crippen molar-refractivity contribution in [2.24, 2.45) is 0 Å². The van der Waals surface area contributed by atoms with E-state index in [1.54, 1.807) is 24.3 Å². The van der Waals surface area contributed by atoms with Crippen LogP contribution < -0.4 is 10.2 Å². The first-order chi connectivity index (χ1) is 12.4. The highest BCUT2D eigenvalue weighted by Gasteiger charge is 2.36. The van der Waals surface area contributed by atoms with Crippen molar-refractivity contribution in [2.45, 2.75) is 6.92 Å². The molecule has 0 atom stereocenters. The van der Waals surface area contributed by atoms with Crippen LogP contribution in [0.1, 0.15) is 12.5 Å². The summed E-state index contributed by atoms with van der Waals surface area (Å²) in [6.45, 7) is 1.38. The van der Waals surface area contributed by atoms with Gasteiger partial charge in [0.1, 0.15) is 5.82 Å². The zero-order valence-corrected chi connectivity index (χ0v) is 15.0. The topological polar surface area (TPSA) is 66.5 Å². The molecule has 8 heteroatoms. The van der Waals surface area contributed by atoms with Crippen LogP contribution in [-0.4, -0.2) is 17.1 Å². The van der Waals surface area contributed by atoms with Crippen LogP contribution in [-0.2, 0) is 9.59 Å². The summed E-state index contributed by atoms with van der Waals surface area (Å²) in [6, 6.07) is 10.4. The lowest BCUT2D eigenvalue weighted by atomic mass is 10.2. The fraction of sp³-hybridized carbons (Fsp3) is 0.0556. The van der Waals surface area contributed by atoms with E-state index < -0.39 is 17.0 Å². The number of hydrogen-bond acceptors (Lipinski definition) is 4. The Morgan fingerprint density at radius 2 is 1.88 bits per heavy atom. The molecule has 0 saturated carbocycles. The first-order valence-electron chi connectivity index (χ1n) is 7.46. The lowest BCUT2D eigenvalue weighted by Gasteiger charge is -2.13. The number of hydrogen-bond donors (Lipinski definition) is 1. The lowest BCUT2D eigenvalue weighted by Crippen LogP contribution is -2.27. The Morgan fingerprint density at radius 1 is 1.19 bits per heavy atom. The van der Waals surface area contributed by atoms with E-state index in [1.165, 1.54) is 31.2 Å². The molecule has 26 heavy (non-hydrogen) atoms. The van der Waals surface area contributed by atoms with Crippen molar-refractivity contribution in [3.63, 3.8) is 0 Å². The third-order valence-corrected chi connectivity index (χ3v) is 4.71. The van der Waals surface area contributed by atoms with E-state index in [0.717, 1.165) is 4.90 Å². The van der Waals surface area contributed by atoms with Gasteiger partial charge in [-0.25, -0.2) is 9.29 Å². The molecule has 3 rings (SSSR count). The number of amides is 3. The minimum absolute atomic E-state index is 0.0562. The van der Waals surface area contributed by atoms with Crippen LogP contribution in [0.15, 0.2) is 47.4 Å². The first-order valence-corrected chi connectivity index (χ1v) is 8.66. The van der Waals surface area contributed by atoms with E-state index in [0.29, 0.717) is 23.1 Å². The second-order valence-electron chi connectivity index (χ2n) is 5.38. The van der Waals surface area contributed by atoms with E-state index in [-0.39, 0.29) is 21.4 Å². The van der Waals surface area contributed by atoms with E-state index in [9.17, 15) is 18.8 Å². The lowest BCUT2D eigenvalue weighted by molar-refractivity contribution is -0.114. The van der Waals surface area contributed by atoms with Gasteiger partial charge in [0.15, 0.2) is 0 Å². The molecule has 3 amide bonds. The highest BCUT2D eigenvalue weighted by atomic mass is 35.5. The van der Waals surface area contributed by atoms with Gasteiger partial charge in [0, 0.05) is 18.2 Å². The smallest absolute Gasteiger partial charge is 0.298 e. The molecule has 1 aliphatic rings. The van der Waals surface area contributed by atoms with Gasteiger partial charge in [0.25, 0.3) is 11.1 Å². The monoisotopic (exact) mass is 390 g/mol. The molecule has 1 aliphatic heterocycles. The Kier molecular flexibility index (Phi) is 5.11. The fourth-order valence-corrected chi connectivity index (χ4v) is 3.41. The van der Waals surface area contributed by atoms with Crippen LogP contribution >= 0.6 is 23.4 Å². The average Bonchev–Trinajstić information content (AvgIpc) is 2.85. The number of imide groups is 1. The molecule has 1 fully saturated rings. The van der Waals surface area contributed by atoms with E-state index in [2.05, 4.69) is 5.32 Å². The van der Waals surface area contributed by atoms with Crippen LogP contribution in [0.4, 0.5) is 20.6 Å². The maximum atomic E-state index is 13.9. The van der Waals surface area contributed by atoms with Gasteiger partial charge in [-0.2, -0.15) is 0 Å². The van der Waals surface area contributed by atoms with Crippen LogP contribution in [0, 0.1) is 5.82 Å². The highest BCUT2D eigenvalue weighted by molar-refractivity contribution is 8.19. The fourth-order valence-electron chi connectivity index (χ4n) is 2.37. The number of carbonyl (C=O) groups is 3. The van der Waals surface area contributed by atoms with Gasteiger partial charge < -0.3 is 5.32 Å². The zero-order chi connectivity index (χ0) is 18.8. The normalized spacial score (nSPS) is 15.7. The number of benzene rings is 2. The number of carbonyl (C=O) groups excluding carboxylic acids is 3. The molecule has 0 spiro atoms. The molecule has 0 unspecified atom stereocenters. The van der Waals surface area contributed by atoms with Crippen LogP contribution in [0.25, 0.3) is 6.08 Å². The molecule has 2 aromatic carbocycles. The second kappa shape index (κ2) is 7.31. The Balaban J connectivity index is 1.90. The van der Waals surface area contributed by atoms with Gasteiger partial charge in [-0.3, -0.25) is 14.4 Å². The molecule has 0 aromatic heterocycles. The molecule has 0 radical (unpaired) electrons. The van der Waals surface area contributed by atoms with Crippen molar-refractivity contribution >= 4 is 57.9 Å². The van der Waals surface area contributed by atoms with Crippen LogP contribution in [0.3, 0.4) is 0 Å². The van der Waals surface area contributed by atoms with Gasteiger partial charge in [0.05, 0.1) is 15.6 Å². The maximum Gasteiger partial charge on any atom is 0.298 e. The molecular formula is C18H12ClFN2O3S. The summed E-state index contributed by atoms with van der Waals surface area (Å²) in [5.41, 5.74) is 0.951. The number of nitrogens with one attached hydrogen (secondary N) is 1. The molecule has 5 nitrogen and oxygen atoms in total. The molecule has 0 bridgehead atoms. The van der Waals surface area contributed by atoms with Gasteiger partial charge in [-0.15, -0.1) is 0 Å². The molecule has 132 valence electrons. The molecule has 2 aromatic rings. The van der Waals surface area contributed by atoms with Gasteiger partial charge in [-0.05, 0) is 54.2 Å². The Labute approximate surface area is 157 Å². The largest absolute Gasteiger partial charge is 0.326 e. The minimum Gasteiger partial charge on any atom is -0.326 e. The Bertz CT molecular complexity index is 924. The summed E-state index contributed by atoms with van der Waals surface area (Å²) >= 11 is 6.67. The van der Waals surface area contributed by atoms with E-state index >= 15 is 0 Å². The summed E-state index contributed by atoms with van der Waals surface area (Å²) in [5.74, 6) is -1.37. The number of rotatable bonds is 3. The number of nitrogens with zero attached hydrogens (tertiary/aromatic N) is 1. The summed E-state index contributed by atoms with van der Waals surface area (Å²) < 4.78 is 13.9. The molecule has 1 saturated heterocycles. The third kappa shape index (κ3) is 3.63. The van der Waals surface area contributed by atoms with Crippen molar-refractivity contribution in [1.82, 2.24) is 0 Å². The second-order valence-corrected chi connectivity index (χ2v) is 6.78. The number of halogens is 2. The van der Waals surface area contributed by atoms with Gasteiger partial charge >= 0.3 is 0 Å². The van der Waals surface area contributed by atoms with Crippen molar-refractivity contribution in [1.29, 1.82) is 0 Å². The highest BCUT2D eigenvalue weighted by Crippen LogP contribution is 2.37. The summed E-state index contributed by atoms with van der Waals surface area (Å²) in [7, 11) is 0. The zero-order valence-electron chi connectivity index (χ0n) is 13.5. The standard InChI is InChI=1S/C18H12ClFN2O3S/c1-10(23)21-11-5-7-12(8-6-11)22-17(24)16(26-18(22)25)9-13-14(19)3-2-4-15(13)20/h2-9H,1H3,(H,21,23)/b16-9-. The Hall–Kier alpha value is -2.64. The average molecular weight is 391 g/mol. The van der Waals surface area contributed by atoms with Gasteiger partial charge in [0.2, 0.25) is 5.91 Å². The predicted octanol–water partition coefficient (Wildman–Crippen LogP) is 4.68. The number of thioether (sulfide) groups is 1. The van der Waals surface area contributed by atoms with Crippen molar-refractivity contribution in [3.05, 3.63) is 63.8 Å².